The van der Waals surface area contributed by atoms with Gasteiger partial charge < -0.3 is 15.2 Å². The van der Waals surface area contributed by atoms with Crippen molar-refractivity contribution in [1.82, 2.24) is 5.32 Å². The molecule has 4 unspecified atom stereocenters. The number of ether oxygens (including phenoxy) is 1. The van der Waals surface area contributed by atoms with Crippen molar-refractivity contribution in [3.63, 3.8) is 0 Å². The van der Waals surface area contributed by atoms with Crippen LogP contribution in [0.5, 0.6) is 0 Å². The van der Waals surface area contributed by atoms with Crippen LogP contribution in [-0.4, -0.2) is 36.0 Å². The Morgan fingerprint density at radius 2 is 2.00 bits per heavy atom. The Morgan fingerprint density at radius 3 is 2.56 bits per heavy atom. The number of rotatable bonds is 5. The van der Waals surface area contributed by atoms with Gasteiger partial charge in [-0.05, 0) is 39.0 Å². The molecule has 0 aliphatic carbocycles. The second-order valence-corrected chi connectivity index (χ2v) is 5.53. The molecule has 1 aliphatic heterocycles. The van der Waals surface area contributed by atoms with Gasteiger partial charge in [0.15, 0.2) is 0 Å². The lowest BCUT2D eigenvalue weighted by molar-refractivity contribution is -0.0262. The Morgan fingerprint density at radius 1 is 1.31 bits per heavy atom. The average Bonchev–Trinajstić information content (AvgIpc) is 2.16. The van der Waals surface area contributed by atoms with Gasteiger partial charge in [-0.25, -0.2) is 0 Å². The summed E-state index contributed by atoms with van der Waals surface area (Å²) in [6.45, 7) is 9.28. The van der Waals surface area contributed by atoms with Gasteiger partial charge in [0.05, 0.1) is 12.2 Å². The molecule has 1 fully saturated rings. The lowest BCUT2D eigenvalue weighted by atomic mass is 9.94. The molecule has 0 radical (unpaired) electrons. The summed E-state index contributed by atoms with van der Waals surface area (Å²) in [6.07, 6.45) is 3.19. The summed E-state index contributed by atoms with van der Waals surface area (Å²) in [5, 5.41) is 12.9. The molecule has 0 amide bonds. The maximum Gasteiger partial charge on any atom is 0.0612 e. The minimum Gasteiger partial charge on any atom is -0.393 e. The Kier molecular flexibility index (Phi) is 5.73. The fourth-order valence-electron chi connectivity index (χ4n) is 2.43. The monoisotopic (exact) mass is 229 g/mol. The molecule has 1 rings (SSSR count). The van der Waals surface area contributed by atoms with Crippen molar-refractivity contribution in [2.45, 2.75) is 71.2 Å². The van der Waals surface area contributed by atoms with Gasteiger partial charge in [-0.2, -0.15) is 0 Å². The smallest absolute Gasteiger partial charge is 0.0612 e. The molecule has 0 spiro atoms. The van der Waals surface area contributed by atoms with Gasteiger partial charge in [0, 0.05) is 18.7 Å². The summed E-state index contributed by atoms with van der Waals surface area (Å²) in [5.41, 5.74) is 0. The molecule has 3 nitrogen and oxygen atoms in total. The number of nitrogens with one attached hydrogen (secondary N) is 1. The Balaban J connectivity index is 2.31. The maximum atomic E-state index is 9.33. The fraction of sp³-hybridized carbons (Fsp3) is 1.00. The Hall–Kier alpha value is -0.120. The molecule has 0 saturated carbocycles. The predicted molar refractivity (Wildman–Crippen MR) is 66.5 cm³/mol. The summed E-state index contributed by atoms with van der Waals surface area (Å²) < 4.78 is 5.74. The lowest BCUT2D eigenvalue weighted by Crippen LogP contribution is -2.45. The van der Waals surface area contributed by atoms with E-state index in [-0.39, 0.29) is 6.10 Å². The van der Waals surface area contributed by atoms with Crippen LogP contribution in [-0.2, 0) is 4.74 Å². The molecule has 3 heteroatoms. The van der Waals surface area contributed by atoms with E-state index >= 15 is 0 Å². The molecular formula is C13H27NO2. The first kappa shape index (κ1) is 13.9. The number of hydrogen-bond donors (Lipinski definition) is 2. The molecule has 4 atom stereocenters. The summed E-state index contributed by atoms with van der Waals surface area (Å²) in [7, 11) is 0. The molecule has 0 bridgehead atoms. The highest BCUT2D eigenvalue weighted by Crippen LogP contribution is 2.20. The molecule has 96 valence electrons. The van der Waals surface area contributed by atoms with Crippen molar-refractivity contribution in [2.24, 2.45) is 5.92 Å². The second-order valence-electron chi connectivity index (χ2n) is 5.53. The van der Waals surface area contributed by atoms with E-state index < -0.39 is 0 Å². The van der Waals surface area contributed by atoms with Gasteiger partial charge in [-0.15, -0.1) is 0 Å². The zero-order valence-corrected chi connectivity index (χ0v) is 11.1. The van der Waals surface area contributed by atoms with E-state index in [1.807, 2.05) is 6.92 Å². The van der Waals surface area contributed by atoms with Crippen LogP contribution in [0.15, 0.2) is 0 Å². The van der Waals surface area contributed by atoms with Crippen LogP contribution in [0.3, 0.4) is 0 Å². The van der Waals surface area contributed by atoms with Gasteiger partial charge >= 0.3 is 0 Å². The molecule has 0 aromatic carbocycles. The van der Waals surface area contributed by atoms with Crippen molar-refractivity contribution in [3.8, 4) is 0 Å². The summed E-state index contributed by atoms with van der Waals surface area (Å²) in [4.78, 5) is 0. The first-order valence-corrected chi connectivity index (χ1v) is 6.54. The van der Waals surface area contributed by atoms with Gasteiger partial charge in [0.1, 0.15) is 0 Å². The van der Waals surface area contributed by atoms with Crippen LogP contribution in [0.1, 0.15) is 47.0 Å². The molecule has 0 aromatic rings. The van der Waals surface area contributed by atoms with Crippen molar-refractivity contribution in [1.29, 1.82) is 0 Å². The molecule has 1 aliphatic rings. The van der Waals surface area contributed by atoms with Crippen molar-refractivity contribution in [3.05, 3.63) is 0 Å². The van der Waals surface area contributed by atoms with E-state index in [1.54, 1.807) is 0 Å². The van der Waals surface area contributed by atoms with E-state index in [0.29, 0.717) is 24.1 Å². The fourth-order valence-corrected chi connectivity index (χ4v) is 2.43. The third kappa shape index (κ3) is 4.81. The minimum absolute atomic E-state index is 0.219. The first-order valence-electron chi connectivity index (χ1n) is 6.54. The van der Waals surface area contributed by atoms with Gasteiger partial charge in [-0.3, -0.25) is 0 Å². The van der Waals surface area contributed by atoms with Crippen LogP contribution >= 0.6 is 0 Å². The molecule has 16 heavy (non-hydrogen) atoms. The highest BCUT2D eigenvalue weighted by Gasteiger charge is 2.25. The van der Waals surface area contributed by atoms with Crippen LogP contribution in [0.2, 0.25) is 0 Å². The third-order valence-corrected chi connectivity index (χ3v) is 3.27. The predicted octanol–water partition coefficient (Wildman–Crippen LogP) is 1.94. The van der Waals surface area contributed by atoms with Gasteiger partial charge in [0.25, 0.3) is 0 Å². The Bertz CT molecular complexity index is 194. The highest BCUT2D eigenvalue weighted by molar-refractivity contribution is 4.81. The number of aliphatic hydroxyl groups excluding tert-OH is 1. The highest BCUT2D eigenvalue weighted by atomic mass is 16.5. The van der Waals surface area contributed by atoms with Gasteiger partial charge in [0.2, 0.25) is 0 Å². The SMILES string of the molecule is CC(O)CC(C)NC1CCOC(C(C)C)C1. The third-order valence-electron chi connectivity index (χ3n) is 3.27. The molecule has 2 N–H and O–H groups in total. The minimum atomic E-state index is -0.219. The standard InChI is InChI=1S/C13H27NO2/c1-9(2)13-8-12(5-6-16-13)14-10(3)7-11(4)15/h9-15H,5-8H2,1-4H3. The molecular weight excluding hydrogens is 202 g/mol. The maximum absolute atomic E-state index is 9.33. The van der Waals surface area contributed by atoms with E-state index in [9.17, 15) is 5.11 Å². The van der Waals surface area contributed by atoms with E-state index in [0.717, 1.165) is 25.9 Å². The molecule has 0 aromatic heterocycles. The number of aliphatic hydroxyl groups is 1. The zero-order chi connectivity index (χ0) is 12.1. The van der Waals surface area contributed by atoms with Crippen LogP contribution in [0.25, 0.3) is 0 Å². The largest absolute Gasteiger partial charge is 0.393 e. The van der Waals surface area contributed by atoms with Crippen molar-refractivity contribution in [2.75, 3.05) is 6.61 Å². The normalized spacial score (nSPS) is 30.4. The van der Waals surface area contributed by atoms with Crippen LogP contribution in [0, 0.1) is 5.92 Å². The summed E-state index contributed by atoms with van der Waals surface area (Å²) >= 11 is 0. The van der Waals surface area contributed by atoms with E-state index in [4.69, 9.17) is 4.74 Å². The molecule has 1 heterocycles. The number of hydrogen-bond acceptors (Lipinski definition) is 3. The second kappa shape index (κ2) is 6.58. The average molecular weight is 229 g/mol. The van der Waals surface area contributed by atoms with Crippen molar-refractivity contribution >= 4 is 0 Å². The first-order chi connectivity index (χ1) is 7.49. The quantitative estimate of drug-likeness (QED) is 0.757. The van der Waals surface area contributed by atoms with Crippen LogP contribution in [0.4, 0.5) is 0 Å². The van der Waals surface area contributed by atoms with Crippen molar-refractivity contribution < 1.29 is 9.84 Å². The van der Waals surface area contributed by atoms with Crippen LogP contribution < -0.4 is 5.32 Å². The van der Waals surface area contributed by atoms with Gasteiger partial charge in [-0.1, -0.05) is 13.8 Å². The topological polar surface area (TPSA) is 41.5 Å². The van der Waals surface area contributed by atoms with E-state index in [2.05, 4.69) is 26.1 Å². The lowest BCUT2D eigenvalue weighted by Gasteiger charge is -2.34. The zero-order valence-electron chi connectivity index (χ0n) is 11.1. The summed E-state index contributed by atoms with van der Waals surface area (Å²) in [6, 6.07) is 0.936. The van der Waals surface area contributed by atoms with E-state index in [1.165, 1.54) is 0 Å². The summed E-state index contributed by atoms with van der Waals surface area (Å²) in [5.74, 6) is 0.594. The molecule has 1 saturated heterocycles. The Labute approximate surface area is 99.6 Å².